The van der Waals surface area contributed by atoms with Gasteiger partial charge in [-0.3, -0.25) is 0 Å². The second kappa shape index (κ2) is 6.66. The molecule has 1 aromatic heterocycles. The number of anilines is 1. The van der Waals surface area contributed by atoms with Gasteiger partial charge in [-0.2, -0.15) is 4.98 Å². The van der Waals surface area contributed by atoms with E-state index in [4.69, 9.17) is 10.5 Å². The molecular formula is C11H18N2O3. The first-order chi connectivity index (χ1) is 7.60. The highest BCUT2D eigenvalue weighted by Crippen LogP contribution is 2.21. The maximum absolute atomic E-state index is 11.3. The SMILES string of the molecule is CC.COC(=O)c1cc(C)c(N)nc1OC. The number of nitrogens with two attached hydrogens (primary N) is 1. The lowest BCUT2D eigenvalue weighted by molar-refractivity contribution is 0.0596. The monoisotopic (exact) mass is 226 g/mol. The minimum Gasteiger partial charge on any atom is -0.480 e. The van der Waals surface area contributed by atoms with Gasteiger partial charge < -0.3 is 15.2 Å². The van der Waals surface area contributed by atoms with Crippen LogP contribution in [0.3, 0.4) is 0 Å². The Kier molecular flexibility index (Phi) is 5.92. The van der Waals surface area contributed by atoms with Crippen molar-refractivity contribution in [3.63, 3.8) is 0 Å². The Bertz CT molecular complexity index is 364. The molecule has 90 valence electrons. The lowest BCUT2D eigenvalue weighted by Gasteiger charge is -2.08. The lowest BCUT2D eigenvalue weighted by Crippen LogP contribution is -2.08. The summed E-state index contributed by atoms with van der Waals surface area (Å²) >= 11 is 0. The molecule has 0 atom stereocenters. The van der Waals surface area contributed by atoms with Gasteiger partial charge in [-0.25, -0.2) is 4.79 Å². The number of hydrogen-bond acceptors (Lipinski definition) is 5. The minimum atomic E-state index is -0.488. The second-order valence-electron chi connectivity index (χ2n) is 2.74. The third-order valence-electron chi connectivity index (χ3n) is 1.82. The molecule has 0 amide bonds. The van der Waals surface area contributed by atoms with Gasteiger partial charge in [0, 0.05) is 0 Å². The van der Waals surface area contributed by atoms with Crippen LogP contribution in [-0.4, -0.2) is 25.2 Å². The number of rotatable bonds is 2. The Morgan fingerprint density at radius 1 is 1.38 bits per heavy atom. The van der Waals surface area contributed by atoms with Crippen molar-refractivity contribution in [3.8, 4) is 5.88 Å². The van der Waals surface area contributed by atoms with E-state index >= 15 is 0 Å². The van der Waals surface area contributed by atoms with Gasteiger partial charge in [0.1, 0.15) is 11.4 Å². The third-order valence-corrected chi connectivity index (χ3v) is 1.82. The smallest absolute Gasteiger partial charge is 0.343 e. The van der Waals surface area contributed by atoms with E-state index in [0.717, 1.165) is 0 Å². The molecule has 0 aliphatic heterocycles. The van der Waals surface area contributed by atoms with Crippen molar-refractivity contribution >= 4 is 11.8 Å². The number of nitrogen functional groups attached to an aromatic ring is 1. The predicted octanol–water partition coefficient (Wildman–Crippen LogP) is 1.79. The Balaban J connectivity index is 0.00000106. The molecule has 0 aromatic carbocycles. The summed E-state index contributed by atoms with van der Waals surface area (Å²) in [5.41, 5.74) is 6.56. The molecule has 5 nitrogen and oxygen atoms in total. The summed E-state index contributed by atoms with van der Waals surface area (Å²) in [5.74, 6) is 0.0342. The van der Waals surface area contributed by atoms with E-state index in [1.165, 1.54) is 14.2 Å². The zero-order valence-corrected chi connectivity index (χ0v) is 10.3. The van der Waals surface area contributed by atoms with Crippen molar-refractivity contribution in [2.24, 2.45) is 0 Å². The van der Waals surface area contributed by atoms with E-state index < -0.39 is 5.97 Å². The number of ether oxygens (including phenoxy) is 2. The predicted molar refractivity (Wildman–Crippen MR) is 62.6 cm³/mol. The van der Waals surface area contributed by atoms with Crippen LogP contribution in [0.25, 0.3) is 0 Å². The number of pyridine rings is 1. The van der Waals surface area contributed by atoms with E-state index in [0.29, 0.717) is 11.4 Å². The fraction of sp³-hybridized carbons (Fsp3) is 0.455. The topological polar surface area (TPSA) is 74.4 Å². The van der Waals surface area contributed by atoms with Gasteiger partial charge in [0.2, 0.25) is 5.88 Å². The highest BCUT2D eigenvalue weighted by molar-refractivity contribution is 5.92. The highest BCUT2D eigenvalue weighted by Gasteiger charge is 2.15. The maximum Gasteiger partial charge on any atom is 0.343 e. The minimum absolute atomic E-state index is 0.181. The third kappa shape index (κ3) is 3.12. The number of esters is 1. The summed E-state index contributed by atoms with van der Waals surface area (Å²) < 4.78 is 9.49. The molecule has 1 aromatic rings. The van der Waals surface area contributed by atoms with Crippen molar-refractivity contribution in [2.75, 3.05) is 20.0 Å². The first-order valence-electron chi connectivity index (χ1n) is 4.99. The molecule has 0 bridgehead atoms. The second-order valence-corrected chi connectivity index (χ2v) is 2.74. The lowest BCUT2D eigenvalue weighted by atomic mass is 10.2. The van der Waals surface area contributed by atoms with Crippen LogP contribution >= 0.6 is 0 Å². The molecule has 0 radical (unpaired) electrons. The number of nitrogens with zero attached hydrogens (tertiary/aromatic N) is 1. The molecule has 5 heteroatoms. The van der Waals surface area contributed by atoms with Crippen LogP contribution in [0.2, 0.25) is 0 Å². The number of carbonyl (C=O) groups excluding carboxylic acids is 1. The van der Waals surface area contributed by atoms with Crippen molar-refractivity contribution in [1.29, 1.82) is 0 Å². The molecule has 0 unspecified atom stereocenters. The molecule has 0 saturated heterocycles. The number of hydrogen-bond donors (Lipinski definition) is 1. The molecule has 1 rings (SSSR count). The average molecular weight is 226 g/mol. The zero-order valence-electron chi connectivity index (χ0n) is 10.3. The van der Waals surface area contributed by atoms with Crippen LogP contribution in [0.1, 0.15) is 29.8 Å². The van der Waals surface area contributed by atoms with Crippen LogP contribution in [0.5, 0.6) is 5.88 Å². The molecule has 0 fully saturated rings. The Labute approximate surface area is 95.6 Å². The van der Waals surface area contributed by atoms with Gasteiger partial charge in [0.25, 0.3) is 0 Å². The summed E-state index contributed by atoms with van der Waals surface area (Å²) in [6.45, 7) is 5.76. The van der Waals surface area contributed by atoms with E-state index in [9.17, 15) is 4.79 Å². The number of aromatic nitrogens is 1. The molecule has 0 saturated carbocycles. The summed E-state index contributed by atoms with van der Waals surface area (Å²) in [7, 11) is 2.72. The van der Waals surface area contributed by atoms with Gasteiger partial charge in [0.15, 0.2) is 0 Å². The van der Waals surface area contributed by atoms with Crippen LogP contribution in [-0.2, 0) is 4.74 Å². The summed E-state index contributed by atoms with van der Waals surface area (Å²) in [6.07, 6.45) is 0. The molecule has 2 N–H and O–H groups in total. The molecular weight excluding hydrogens is 208 g/mol. The van der Waals surface area contributed by atoms with Gasteiger partial charge in [-0.15, -0.1) is 0 Å². The Morgan fingerprint density at radius 2 is 1.94 bits per heavy atom. The van der Waals surface area contributed by atoms with Crippen molar-refractivity contribution in [3.05, 3.63) is 17.2 Å². The Morgan fingerprint density at radius 3 is 2.38 bits per heavy atom. The fourth-order valence-electron chi connectivity index (χ4n) is 1.02. The quantitative estimate of drug-likeness (QED) is 0.778. The van der Waals surface area contributed by atoms with Gasteiger partial charge >= 0.3 is 5.97 Å². The van der Waals surface area contributed by atoms with E-state index in [2.05, 4.69) is 9.72 Å². The zero-order chi connectivity index (χ0) is 12.7. The van der Waals surface area contributed by atoms with Crippen LogP contribution in [0, 0.1) is 6.92 Å². The number of methoxy groups -OCH3 is 2. The summed E-state index contributed by atoms with van der Waals surface area (Å²) in [5, 5.41) is 0. The fourth-order valence-corrected chi connectivity index (χ4v) is 1.02. The molecule has 0 aliphatic rings. The van der Waals surface area contributed by atoms with Gasteiger partial charge in [-0.1, -0.05) is 13.8 Å². The van der Waals surface area contributed by atoms with Crippen molar-refractivity contribution < 1.29 is 14.3 Å². The highest BCUT2D eigenvalue weighted by atomic mass is 16.5. The van der Waals surface area contributed by atoms with E-state index in [1.54, 1.807) is 13.0 Å². The standard InChI is InChI=1S/C9H12N2O3.C2H6/c1-5-4-6(9(12)14-3)8(13-2)11-7(5)10;1-2/h4H,1-3H3,(H2,10,11);1-2H3. The van der Waals surface area contributed by atoms with E-state index in [-0.39, 0.29) is 11.4 Å². The maximum atomic E-state index is 11.3. The van der Waals surface area contributed by atoms with E-state index in [1.807, 2.05) is 13.8 Å². The van der Waals surface area contributed by atoms with Crippen LogP contribution < -0.4 is 10.5 Å². The molecule has 16 heavy (non-hydrogen) atoms. The molecule has 0 spiro atoms. The average Bonchev–Trinajstić information content (AvgIpc) is 2.33. The van der Waals surface area contributed by atoms with Gasteiger partial charge in [-0.05, 0) is 18.6 Å². The van der Waals surface area contributed by atoms with Crippen LogP contribution in [0.15, 0.2) is 6.07 Å². The van der Waals surface area contributed by atoms with Crippen LogP contribution in [0.4, 0.5) is 5.82 Å². The molecule has 1 heterocycles. The largest absolute Gasteiger partial charge is 0.480 e. The van der Waals surface area contributed by atoms with Gasteiger partial charge in [0.05, 0.1) is 14.2 Å². The summed E-state index contributed by atoms with van der Waals surface area (Å²) in [4.78, 5) is 15.2. The first-order valence-corrected chi connectivity index (χ1v) is 4.99. The summed E-state index contributed by atoms with van der Waals surface area (Å²) in [6, 6.07) is 1.59. The Hall–Kier alpha value is -1.78. The number of carbonyl (C=O) groups is 1. The van der Waals surface area contributed by atoms with Crippen molar-refractivity contribution in [2.45, 2.75) is 20.8 Å². The first kappa shape index (κ1) is 14.2. The number of aryl methyl sites for hydroxylation is 1. The molecule has 0 aliphatic carbocycles. The normalized spacial score (nSPS) is 8.81. The van der Waals surface area contributed by atoms with Crippen molar-refractivity contribution in [1.82, 2.24) is 4.98 Å².